The average molecular weight is 563 g/mol. The van der Waals surface area contributed by atoms with Crippen LogP contribution in [0.4, 0.5) is 5.69 Å². The van der Waals surface area contributed by atoms with Gasteiger partial charge in [-0.1, -0.05) is 23.7 Å². The van der Waals surface area contributed by atoms with Crippen LogP contribution in [0.1, 0.15) is 32.4 Å². The molecule has 11 nitrogen and oxygen atoms in total. The van der Waals surface area contributed by atoms with E-state index in [1.54, 1.807) is 42.5 Å². The standard InChI is InChI=1S/C28H27ClN6O5/c29-17-3-1-2-16(12-17)23(36)15-31-20-4-5-30-26(37)24(20)25-32-21-13-18-19(14-22(21)33-25)28(39)35(27(18)38)7-6-34-8-10-40-11-9-34/h1-5,12-14,23,36H,6-11,15H2,(H,32,33)(H2,30,31,37)/t23-/m1/s1. The summed E-state index contributed by atoms with van der Waals surface area (Å²) in [5.74, 6) is -0.430. The lowest BCUT2D eigenvalue weighted by molar-refractivity contribution is 0.0325. The highest BCUT2D eigenvalue weighted by Crippen LogP contribution is 2.30. The summed E-state index contributed by atoms with van der Waals surface area (Å²) in [5.41, 5.74) is 2.52. The number of fused-ring (bicyclic) bond motifs is 2. The Balaban J connectivity index is 1.24. The van der Waals surface area contributed by atoms with Crippen LogP contribution in [-0.4, -0.2) is 87.6 Å². The molecule has 0 bridgehead atoms. The van der Waals surface area contributed by atoms with Gasteiger partial charge >= 0.3 is 0 Å². The molecular formula is C28H27ClN6O5. The molecule has 206 valence electrons. The minimum atomic E-state index is -0.868. The fourth-order valence-corrected chi connectivity index (χ4v) is 5.28. The summed E-state index contributed by atoms with van der Waals surface area (Å²) < 4.78 is 5.36. The molecule has 4 heterocycles. The highest BCUT2D eigenvalue weighted by atomic mass is 35.5. The zero-order chi connectivity index (χ0) is 27.8. The van der Waals surface area contributed by atoms with Crippen LogP contribution >= 0.6 is 11.6 Å². The molecule has 0 spiro atoms. The number of rotatable bonds is 8. The molecule has 1 saturated heterocycles. The van der Waals surface area contributed by atoms with Crippen LogP contribution in [-0.2, 0) is 4.74 Å². The number of aliphatic hydroxyl groups excluding tert-OH is 1. The number of nitrogens with zero attached hydrogens (tertiary/aromatic N) is 3. The Bertz CT molecular complexity index is 1610. The van der Waals surface area contributed by atoms with E-state index in [9.17, 15) is 19.5 Å². The number of aromatic nitrogens is 3. The van der Waals surface area contributed by atoms with Crippen LogP contribution in [0.2, 0.25) is 5.02 Å². The maximum atomic E-state index is 13.1. The Hall–Kier alpha value is -4.03. The third kappa shape index (κ3) is 5.00. The van der Waals surface area contributed by atoms with Crippen LogP contribution in [0.15, 0.2) is 53.5 Å². The molecule has 40 heavy (non-hydrogen) atoms. The summed E-state index contributed by atoms with van der Waals surface area (Å²) in [6.45, 7) is 3.84. The SMILES string of the molecule is O=C1c2cc3nc(-c4c(NC[C@@H](O)c5cccc(Cl)c5)cc[nH]c4=O)[nH]c3cc2C(=O)N1CCN1CCOCC1. The molecule has 1 fully saturated rings. The van der Waals surface area contributed by atoms with Gasteiger partial charge in [0.15, 0.2) is 0 Å². The van der Waals surface area contributed by atoms with Crippen molar-refractivity contribution in [3.05, 3.63) is 80.7 Å². The van der Waals surface area contributed by atoms with Gasteiger partial charge in [-0.25, -0.2) is 4.98 Å². The summed E-state index contributed by atoms with van der Waals surface area (Å²) in [5, 5.41) is 14.3. The first-order valence-corrected chi connectivity index (χ1v) is 13.4. The number of aromatic amines is 2. The Kier molecular flexibility index (Phi) is 7.11. The van der Waals surface area contributed by atoms with Crippen LogP contribution in [0, 0.1) is 0 Å². The minimum Gasteiger partial charge on any atom is -0.387 e. The van der Waals surface area contributed by atoms with Crippen molar-refractivity contribution in [2.75, 3.05) is 51.3 Å². The molecule has 2 aliphatic rings. The molecule has 6 rings (SSSR count). The molecule has 12 heteroatoms. The second-order valence-corrected chi connectivity index (χ2v) is 10.2. The van der Waals surface area contributed by atoms with Crippen LogP contribution in [0.3, 0.4) is 0 Å². The minimum absolute atomic E-state index is 0.120. The number of hydrogen-bond acceptors (Lipinski definition) is 8. The van der Waals surface area contributed by atoms with E-state index in [-0.39, 0.29) is 29.7 Å². The normalized spacial score (nSPS) is 16.5. The molecule has 2 aromatic carbocycles. The van der Waals surface area contributed by atoms with Gasteiger partial charge in [-0.05, 0) is 35.9 Å². The topological polar surface area (TPSA) is 144 Å². The zero-order valence-electron chi connectivity index (χ0n) is 21.4. The lowest BCUT2D eigenvalue weighted by Crippen LogP contribution is -2.42. The number of amides is 2. The van der Waals surface area contributed by atoms with Crippen molar-refractivity contribution in [2.24, 2.45) is 0 Å². The molecule has 0 radical (unpaired) electrons. The van der Waals surface area contributed by atoms with E-state index in [1.165, 1.54) is 11.1 Å². The number of morpholine rings is 1. The van der Waals surface area contributed by atoms with Crippen LogP contribution in [0.25, 0.3) is 22.4 Å². The van der Waals surface area contributed by atoms with Crippen molar-refractivity contribution < 1.29 is 19.4 Å². The summed E-state index contributed by atoms with van der Waals surface area (Å²) in [7, 11) is 0. The molecule has 0 unspecified atom stereocenters. The van der Waals surface area contributed by atoms with Gasteiger partial charge in [-0.2, -0.15) is 0 Å². The smallest absolute Gasteiger partial charge is 0.261 e. The van der Waals surface area contributed by atoms with Crippen molar-refractivity contribution >= 4 is 40.1 Å². The van der Waals surface area contributed by atoms with Crippen LogP contribution in [0.5, 0.6) is 0 Å². The Morgan fingerprint density at radius 1 is 1.05 bits per heavy atom. The van der Waals surface area contributed by atoms with Gasteiger partial charge in [0.2, 0.25) is 0 Å². The fraction of sp³-hybridized carbons (Fsp3) is 0.286. The number of hydrogen-bond donors (Lipinski definition) is 4. The Labute approximate surface area is 233 Å². The molecular weight excluding hydrogens is 536 g/mol. The Morgan fingerprint density at radius 3 is 2.60 bits per heavy atom. The number of imidazole rings is 1. The summed E-state index contributed by atoms with van der Waals surface area (Å²) >= 11 is 6.04. The molecule has 2 amide bonds. The number of carbonyl (C=O) groups is 2. The van der Waals surface area contributed by atoms with E-state index >= 15 is 0 Å². The molecule has 0 aliphatic carbocycles. The highest BCUT2D eigenvalue weighted by molar-refractivity contribution is 6.30. The van der Waals surface area contributed by atoms with E-state index in [4.69, 9.17) is 16.3 Å². The van der Waals surface area contributed by atoms with Crippen molar-refractivity contribution in [3.63, 3.8) is 0 Å². The summed E-state index contributed by atoms with van der Waals surface area (Å²) in [6.07, 6.45) is 0.632. The molecule has 1 atom stereocenters. The van der Waals surface area contributed by atoms with Crippen molar-refractivity contribution in [1.82, 2.24) is 24.8 Å². The summed E-state index contributed by atoms with van der Waals surface area (Å²) in [6, 6.07) is 11.8. The van der Waals surface area contributed by atoms with E-state index in [0.29, 0.717) is 64.7 Å². The third-order valence-electron chi connectivity index (χ3n) is 7.23. The van der Waals surface area contributed by atoms with E-state index in [0.717, 1.165) is 13.1 Å². The first kappa shape index (κ1) is 26.2. The molecule has 4 N–H and O–H groups in total. The van der Waals surface area contributed by atoms with Gasteiger partial charge in [-0.3, -0.25) is 24.2 Å². The maximum absolute atomic E-state index is 13.1. The second kappa shape index (κ2) is 10.9. The van der Waals surface area contributed by atoms with Crippen molar-refractivity contribution in [3.8, 4) is 11.4 Å². The first-order chi connectivity index (χ1) is 19.4. The monoisotopic (exact) mass is 562 g/mol. The number of pyridine rings is 1. The van der Waals surface area contributed by atoms with E-state index in [2.05, 4.69) is 25.2 Å². The average Bonchev–Trinajstić information content (AvgIpc) is 3.47. The second-order valence-electron chi connectivity index (χ2n) is 9.76. The first-order valence-electron chi connectivity index (χ1n) is 13.0. The predicted molar refractivity (Wildman–Crippen MR) is 150 cm³/mol. The zero-order valence-corrected chi connectivity index (χ0v) is 22.2. The van der Waals surface area contributed by atoms with Crippen molar-refractivity contribution in [2.45, 2.75) is 6.10 Å². The lowest BCUT2D eigenvalue weighted by atomic mass is 10.1. The van der Waals surface area contributed by atoms with Gasteiger partial charge in [0.25, 0.3) is 17.4 Å². The molecule has 2 aromatic heterocycles. The number of nitrogens with one attached hydrogen (secondary N) is 3. The van der Waals surface area contributed by atoms with Gasteiger partial charge < -0.3 is 25.1 Å². The molecule has 4 aromatic rings. The number of imide groups is 1. The largest absolute Gasteiger partial charge is 0.387 e. The molecule has 2 aliphatic heterocycles. The lowest BCUT2D eigenvalue weighted by Gasteiger charge is -2.27. The maximum Gasteiger partial charge on any atom is 0.261 e. The third-order valence-corrected chi connectivity index (χ3v) is 7.47. The Morgan fingerprint density at radius 2 is 1.82 bits per heavy atom. The molecule has 0 saturated carbocycles. The quantitative estimate of drug-likeness (QED) is 0.240. The number of carbonyl (C=O) groups excluding carboxylic acids is 2. The van der Waals surface area contributed by atoms with Crippen molar-refractivity contribution in [1.29, 1.82) is 0 Å². The summed E-state index contributed by atoms with van der Waals surface area (Å²) in [4.78, 5) is 52.9. The van der Waals surface area contributed by atoms with E-state index < -0.39 is 11.7 Å². The van der Waals surface area contributed by atoms with Gasteiger partial charge in [-0.15, -0.1) is 0 Å². The van der Waals surface area contributed by atoms with Gasteiger partial charge in [0.05, 0.1) is 47.2 Å². The number of aliphatic hydroxyl groups is 1. The number of halogens is 1. The fourth-order valence-electron chi connectivity index (χ4n) is 5.08. The van der Waals surface area contributed by atoms with E-state index in [1.807, 2.05) is 0 Å². The number of H-pyrrole nitrogens is 2. The highest BCUT2D eigenvalue weighted by Gasteiger charge is 2.36. The number of ether oxygens (including phenoxy) is 1. The predicted octanol–water partition coefficient (Wildman–Crippen LogP) is 2.65. The van der Waals surface area contributed by atoms with Crippen LogP contribution < -0.4 is 10.9 Å². The van der Waals surface area contributed by atoms with Gasteiger partial charge in [0.1, 0.15) is 11.4 Å². The van der Waals surface area contributed by atoms with Gasteiger partial charge in [0, 0.05) is 43.9 Å². The number of benzene rings is 2. The number of anilines is 1.